The summed E-state index contributed by atoms with van der Waals surface area (Å²) in [6.07, 6.45) is 6.70. The van der Waals surface area contributed by atoms with E-state index in [0.717, 1.165) is 18.4 Å². The molecule has 0 spiro atoms. The van der Waals surface area contributed by atoms with Gasteiger partial charge in [-0.25, -0.2) is 0 Å². The molecule has 2 aliphatic heterocycles. The van der Waals surface area contributed by atoms with E-state index in [9.17, 15) is 0 Å². The minimum Gasteiger partial charge on any atom is -0.379 e. The predicted molar refractivity (Wildman–Crippen MR) is 75.9 cm³/mol. The highest BCUT2D eigenvalue weighted by molar-refractivity contribution is 4.88. The topological polar surface area (TPSA) is 24.5 Å². The molecule has 0 aliphatic carbocycles. The molecule has 1 N–H and O–H groups in total. The van der Waals surface area contributed by atoms with Gasteiger partial charge in [-0.3, -0.25) is 4.90 Å². The molecule has 106 valence electrons. The van der Waals surface area contributed by atoms with Gasteiger partial charge in [-0.15, -0.1) is 0 Å². The zero-order valence-corrected chi connectivity index (χ0v) is 12.4. The van der Waals surface area contributed by atoms with Gasteiger partial charge in [0, 0.05) is 19.7 Å². The molecule has 2 atom stereocenters. The van der Waals surface area contributed by atoms with Crippen LogP contribution in [-0.2, 0) is 4.74 Å². The van der Waals surface area contributed by atoms with Gasteiger partial charge in [0.05, 0.1) is 5.60 Å². The van der Waals surface area contributed by atoms with Gasteiger partial charge in [0.2, 0.25) is 0 Å². The first kappa shape index (κ1) is 14.3. The molecule has 0 aromatic heterocycles. The van der Waals surface area contributed by atoms with Gasteiger partial charge in [-0.05, 0) is 71.5 Å². The van der Waals surface area contributed by atoms with Crippen molar-refractivity contribution in [3.63, 3.8) is 0 Å². The van der Waals surface area contributed by atoms with Crippen molar-refractivity contribution < 1.29 is 4.74 Å². The minimum absolute atomic E-state index is 0.0257. The second-order valence-corrected chi connectivity index (χ2v) is 6.57. The number of hydrogen-bond acceptors (Lipinski definition) is 3. The Morgan fingerprint density at radius 1 is 1.28 bits per heavy atom. The van der Waals surface area contributed by atoms with Crippen molar-refractivity contribution in [2.45, 2.75) is 57.6 Å². The fourth-order valence-electron chi connectivity index (χ4n) is 3.39. The van der Waals surface area contributed by atoms with Crippen molar-refractivity contribution in [2.75, 3.05) is 33.3 Å². The van der Waals surface area contributed by atoms with Crippen LogP contribution in [0.2, 0.25) is 0 Å². The van der Waals surface area contributed by atoms with Crippen molar-refractivity contribution in [1.29, 1.82) is 0 Å². The van der Waals surface area contributed by atoms with E-state index in [4.69, 9.17) is 4.74 Å². The van der Waals surface area contributed by atoms with Crippen LogP contribution >= 0.6 is 0 Å². The van der Waals surface area contributed by atoms with Gasteiger partial charge in [-0.2, -0.15) is 0 Å². The molecule has 0 radical (unpaired) electrons. The fraction of sp³-hybridized carbons (Fsp3) is 1.00. The molecule has 3 nitrogen and oxygen atoms in total. The summed E-state index contributed by atoms with van der Waals surface area (Å²) in [4.78, 5) is 2.72. The second-order valence-electron chi connectivity index (χ2n) is 6.57. The first-order valence-corrected chi connectivity index (χ1v) is 7.62. The Labute approximate surface area is 112 Å². The summed E-state index contributed by atoms with van der Waals surface area (Å²) < 4.78 is 5.54. The number of piperidine rings is 1. The zero-order valence-electron chi connectivity index (χ0n) is 12.4. The Morgan fingerprint density at radius 2 is 2.11 bits per heavy atom. The van der Waals surface area contributed by atoms with Crippen LogP contribution in [0.1, 0.15) is 46.0 Å². The average molecular weight is 254 g/mol. The maximum absolute atomic E-state index is 5.54. The molecule has 3 heteroatoms. The van der Waals surface area contributed by atoms with Crippen LogP contribution in [0.4, 0.5) is 0 Å². The van der Waals surface area contributed by atoms with E-state index in [0.29, 0.717) is 0 Å². The van der Waals surface area contributed by atoms with E-state index in [1.807, 2.05) is 7.11 Å². The lowest BCUT2D eigenvalue weighted by Crippen LogP contribution is -2.44. The summed E-state index contributed by atoms with van der Waals surface area (Å²) in [5.41, 5.74) is 0.0257. The van der Waals surface area contributed by atoms with E-state index >= 15 is 0 Å². The molecule has 2 rings (SSSR count). The predicted octanol–water partition coefficient (Wildman–Crippen LogP) is 2.27. The number of nitrogens with zero attached hydrogens (tertiary/aromatic N) is 1. The van der Waals surface area contributed by atoms with Crippen molar-refractivity contribution in [2.24, 2.45) is 5.92 Å². The number of nitrogens with one attached hydrogen (secondary N) is 1. The summed E-state index contributed by atoms with van der Waals surface area (Å²) >= 11 is 0. The van der Waals surface area contributed by atoms with E-state index < -0.39 is 0 Å². The number of hydrogen-bond donors (Lipinski definition) is 1. The molecule has 0 bridgehead atoms. The molecule has 2 heterocycles. The lowest BCUT2D eigenvalue weighted by atomic mass is 9.90. The van der Waals surface area contributed by atoms with Crippen molar-refractivity contribution in [1.82, 2.24) is 10.2 Å². The quantitative estimate of drug-likeness (QED) is 0.814. The summed E-state index contributed by atoms with van der Waals surface area (Å²) in [6.45, 7) is 9.33. The normalized spacial score (nSPS) is 30.8. The maximum Gasteiger partial charge on any atom is 0.0634 e. The lowest BCUT2D eigenvalue weighted by molar-refractivity contribution is 0.00406. The van der Waals surface area contributed by atoms with Crippen LogP contribution in [0.5, 0.6) is 0 Å². The molecule has 0 aromatic rings. The van der Waals surface area contributed by atoms with Crippen LogP contribution in [0.25, 0.3) is 0 Å². The third kappa shape index (κ3) is 3.69. The highest BCUT2D eigenvalue weighted by Gasteiger charge is 2.33. The van der Waals surface area contributed by atoms with Crippen molar-refractivity contribution in [3.8, 4) is 0 Å². The Bertz CT molecular complexity index is 249. The first-order valence-electron chi connectivity index (χ1n) is 7.62. The Morgan fingerprint density at radius 3 is 2.78 bits per heavy atom. The largest absolute Gasteiger partial charge is 0.379 e. The lowest BCUT2D eigenvalue weighted by Gasteiger charge is -2.36. The van der Waals surface area contributed by atoms with Gasteiger partial charge in [0.15, 0.2) is 0 Å². The number of rotatable bonds is 5. The highest BCUT2D eigenvalue weighted by atomic mass is 16.5. The van der Waals surface area contributed by atoms with Gasteiger partial charge in [0.25, 0.3) is 0 Å². The van der Waals surface area contributed by atoms with Gasteiger partial charge in [0.1, 0.15) is 0 Å². The minimum atomic E-state index is 0.0257. The second kappa shape index (κ2) is 6.36. The number of methoxy groups -OCH3 is 1. The van der Waals surface area contributed by atoms with Crippen molar-refractivity contribution >= 4 is 0 Å². The third-order valence-electron chi connectivity index (χ3n) is 4.85. The highest BCUT2D eigenvalue weighted by Crippen LogP contribution is 2.29. The Balaban J connectivity index is 1.83. The number of ether oxygens (including phenoxy) is 1. The van der Waals surface area contributed by atoms with Crippen LogP contribution in [0.15, 0.2) is 0 Å². The summed E-state index contributed by atoms with van der Waals surface area (Å²) in [6, 6.07) is 0.824. The SMILES string of the molecule is COC(C)(C)CCN1CCCC1C1CCCNC1. The standard InChI is InChI=1S/C15H30N2O/c1-15(2,18-3)8-11-17-10-5-7-14(17)13-6-4-9-16-12-13/h13-14,16H,4-12H2,1-3H3. The van der Waals surface area contributed by atoms with Crippen LogP contribution in [0.3, 0.4) is 0 Å². The molecule has 18 heavy (non-hydrogen) atoms. The smallest absolute Gasteiger partial charge is 0.0634 e. The van der Waals surface area contributed by atoms with Gasteiger partial charge >= 0.3 is 0 Å². The summed E-state index contributed by atoms with van der Waals surface area (Å²) in [5, 5.41) is 3.56. The molecular weight excluding hydrogens is 224 g/mol. The molecule has 2 unspecified atom stereocenters. The van der Waals surface area contributed by atoms with E-state index in [1.165, 1.54) is 51.9 Å². The van der Waals surface area contributed by atoms with E-state index in [2.05, 4.69) is 24.1 Å². The Kier molecular flexibility index (Phi) is 5.05. The van der Waals surface area contributed by atoms with Crippen LogP contribution in [0, 0.1) is 5.92 Å². The van der Waals surface area contributed by atoms with Crippen molar-refractivity contribution in [3.05, 3.63) is 0 Å². The van der Waals surface area contributed by atoms with Gasteiger partial charge in [-0.1, -0.05) is 0 Å². The van der Waals surface area contributed by atoms with Gasteiger partial charge < -0.3 is 10.1 Å². The molecule has 2 aliphatic rings. The zero-order chi connectivity index (χ0) is 13.0. The Hall–Kier alpha value is -0.120. The van der Waals surface area contributed by atoms with E-state index in [-0.39, 0.29) is 5.60 Å². The number of likely N-dealkylation sites (tertiary alicyclic amines) is 1. The summed E-state index contributed by atoms with van der Waals surface area (Å²) in [5.74, 6) is 0.881. The molecular formula is C15H30N2O. The fourth-order valence-corrected chi connectivity index (χ4v) is 3.39. The monoisotopic (exact) mass is 254 g/mol. The molecule has 2 saturated heterocycles. The molecule has 0 aromatic carbocycles. The molecule has 2 fully saturated rings. The van der Waals surface area contributed by atoms with Crippen LogP contribution in [-0.4, -0.2) is 49.8 Å². The molecule has 0 amide bonds. The third-order valence-corrected chi connectivity index (χ3v) is 4.85. The maximum atomic E-state index is 5.54. The first-order chi connectivity index (χ1) is 8.62. The molecule has 0 saturated carbocycles. The average Bonchev–Trinajstić information content (AvgIpc) is 2.86. The summed E-state index contributed by atoms with van der Waals surface area (Å²) in [7, 11) is 1.83. The van der Waals surface area contributed by atoms with E-state index in [1.54, 1.807) is 0 Å². The van der Waals surface area contributed by atoms with Crippen LogP contribution < -0.4 is 5.32 Å².